The van der Waals surface area contributed by atoms with Crippen molar-refractivity contribution >= 4 is 26.8 Å². The Morgan fingerprint density at radius 1 is 1.09 bits per heavy atom. The standard InChI is InChI=1S/C23H26N6O4S/c1-4-33-18-6-5-16(34(31,32)28-11-9-27(3)10-12-28)14-17(18)21-25-22-20(23(30)26-21)24-19-13-15(2)7-8-29(19)22/h5-8,13-14H,4,9-12H2,1-3H3,(H,25,26,30). The van der Waals surface area contributed by atoms with Gasteiger partial charge in [-0.15, -0.1) is 0 Å². The molecule has 1 fully saturated rings. The first-order valence-electron chi connectivity index (χ1n) is 11.1. The minimum Gasteiger partial charge on any atom is -0.493 e. The number of nitrogens with one attached hydrogen (secondary N) is 1. The lowest BCUT2D eigenvalue weighted by atomic mass is 10.2. The van der Waals surface area contributed by atoms with Gasteiger partial charge in [0.2, 0.25) is 10.0 Å². The van der Waals surface area contributed by atoms with E-state index in [2.05, 4.69) is 19.9 Å². The van der Waals surface area contributed by atoms with Gasteiger partial charge in [-0.1, -0.05) is 0 Å². The molecule has 1 aliphatic heterocycles. The maximum absolute atomic E-state index is 13.4. The first-order valence-corrected chi connectivity index (χ1v) is 12.6. The summed E-state index contributed by atoms with van der Waals surface area (Å²) in [5.41, 5.74) is 2.23. The van der Waals surface area contributed by atoms with Crippen molar-refractivity contribution in [2.45, 2.75) is 18.7 Å². The van der Waals surface area contributed by atoms with Crippen LogP contribution in [0.2, 0.25) is 0 Å². The summed E-state index contributed by atoms with van der Waals surface area (Å²) in [7, 11) is -1.74. The molecule has 0 unspecified atom stereocenters. The van der Waals surface area contributed by atoms with Crippen molar-refractivity contribution < 1.29 is 13.2 Å². The molecule has 0 atom stereocenters. The van der Waals surface area contributed by atoms with E-state index in [0.717, 1.165) is 5.56 Å². The Labute approximate surface area is 196 Å². The molecule has 1 aromatic carbocycles. The summed E-state index contributed by atoms with van der Waals surface area (Å²) in [6.07, 6.45) is 1.81. The van der Waals surface area contributed by atoms with Crippen molar-refractivity contribution in [1.82, 2.24) is 28.6 Å². The number of nitrogens with zero attached hydrogens (tertiary/aromatic N) is 5. The second-order valence-electron chi connectivity index (χ2n) is 8.43. The molecule has 3 aromatic heterocycles. The summed E-state index contributed by atoms with van der Waals surface area (Å²) in [6.45, 7) is 6.34. The molecule has 4 aromatic rings. The molecule has 178 valence electrons. The predicted molar refractivity (Wildman–Crippen MR) is 129 cm³/mol. The molecular weight excluding hydrogens is 456 g/mol. The second-order valence-corrected chi connectivity index (χ2v) is 10.4. The van der Waals surface area contributed by atoms with Crippen LogP contribution in [-0.2, 0) is 10.0 Å². The SMILES string of the molecule is CCOc1ccc(S(=O)(=O)N2CCN(C)CC2)cc1-c1nc2c(nc3cc(C)ccn32)c(=O)[nH]1. The van der Waals surface area contributed by atoms with Crippen LogP contribution in [0.3, 0.4) is 0 Å². The maximum Gasteiger partial charge on any atom is 0.279 e. The van der Waals surface area contributed by atoms with E-state index in [1.807, 2.05) is 39.2 Å². The third kappa shape index (κ3) is 3.85. The van der Waals surface area contributed by atoms with Crippen molar-refractivity contribution in [3.8, 4) is 17.1 Å². The Morgan fingerprint density at radius 2 is 1.85 bits per heavy atom. The van der Waals surface area contributed by atoms with Gasteiger partial charge in [0, 0.05) is 32.4 Å². The minimum absolute atomic E-state index is 0.131. The molecule has 34 heavy (non-hydrogen) atoms. The number of pyridine rings is 1. The van der Waals surface area contributed by atoms with Gasteiger partial charge >= 0.3 is 0 Å². The van der Waals surface area contributed by atoms with Crippen LogP contribution in [0.15, 0.2) is 46.2 Å². The largest absolute Gasteiger partial charge is 0.493 e. The Kier molecular flexibility index (Phi) is 5.62. The summed E-state index contributed by atoms with van der Waals surface area (Å²) in [4.78, 5) is 27.0. The zero-order chi connectivity index (χ0) is 24.0. The lowest BCUT2D eigenvalue weighted by Crippen LogP contribution is -2.47. The molecule has 0 amide bonds. The number of rotatable bonds is 5. The van der Waals surface area contributed by atoms with Gasteiger partial charge in [0.25, 0.3) is 5.56 Å². The van der Waals surface area contributed by atoms with Crippen LogP contribution >= 0.6 is 0 Å². The lowest BCUT2D eigenvalue weighted by Gasteiger charge is -2.31. The van der Waals surface area contributed by atoms with E-state index in [1.165, 1.54) is 16.4 Å². The number of likely N-dealkylation sites (N-methyl/N-ethyl adjacent to an activating group) is 1. The number of imidazole rings is 1. The number of hydrogen-bond donors (Lipinski definition) is 1. The van der Waals surface area contributed by atoms with E-state index in [1.54, 1.807) is 10.5 Å². The zero-order valence-electron chi connectivity index (χ0n) is 19.3. The molecule has 0 saturated carbocycles. The summed E-state index contributed by atoms with van der Waals surface area (Å²) in [5, 5.41) is 0. The first kappa shape index (κ1) is 22.5. The Balaban J connectivity index is 1.66. The van der Waals surface area contributed by atoms with Crippen LogP contribution in [-0.4, -0.2) is 76.8 Å². The van der Waals surface area contributed by atoms with Crippen molar-refractivity contribution in [1.29, 1.82) is 0 Å². The number of hydrogen-bond acceptors (Lipinski definition) is 7. The van der Waals surface area contributed by atoms with E-state index in [9.17, 15) is 13.2 Å². The number of fused-ring (bicyclic) bond motifs is 3. The normalized spacial score (nSPS) is 15.9. The Morgan fingerprint density at radius 3 is 2.59 bits per heavy atom. The van der Waals surface area contributed by atoms with Gasteiger partial charge in [-0.25, -0.2) is 18.4 Å². The molecule has 0 aliphatic carbocycles. The number of aryl methyl sites for hydroxylation is 1. The fourth-order valence-corrected chi connectivity index (χ4v) is 5.58. The van der Waals surface area contributed by atoms with Gasteiger partial charge in [0.1, 0.15) is 17.2 Å². The molecule has 11 heteroatoms. The number of aromatic nitrogens is 4. The molecule has 1 saturated heterocycles. The van der Waals surface area contributed by atoms with Gasteiger partial charge in [-0.2, -0.15) is 4.31 Å². The monoisotopic (exact) mass is 482 g/mol. The fraction of sp³-hybridized carbons (Fsp3) is 0.348. The highest BCUT2D eigenvalue weighted by Gasteiger charge is 2.28. The van der Waals surface area contributed by atoms with E-state index in [0.29, 0.717) is 55.4 Å². The average Bonchev–Trinajstić information content (AvgIpc) is 3.18. The second kappa shape index (κ2) is 8.49. The Bertz CT molecular complexity index is 1550. The van der Waals surface area contributed by atoms with Crippen molar-refractivity contribution in [2.75, 3.05) is 39.8 Å². The molecule has 0 spiro atoms. The van der Waals surface area contributed by atoms with Crippen molar-refractivity contribution in [3.63, 3.8) is 0 Å². The number of H-pyrrole nitrogens is 1. The van der Waals surface area contributed by atoms with Gasteiger partial charge in [-0.05, 0) is 56.8 Å². The van der Waals surface area contributed by atoms with Gasteiger partial charge in [0.15, 0.2) is 11.2 Å². The molecule has 0 radical (unpaired) electrons. The molecule has 4 heterocycles. The quantitative estimate of drug-likeness (QED) is 0.462. The molecule has 10 nitrogen and oxygen atoms in total. The van der Waals surface area contributed by atoms with E-state index in [-0.39, 0.29) is 16.2 Å². The topological polar surface area (TPSA) is 113 Å². The van der Waals surface area contributed by atoms with Crippen LogP contribution in [0, 0.1) is 6.92 Å². The molecule has 1 N–H and O–H groups in total. The van der Waals surface area contributed by atoms with Crippen LogP contribution in [0.25, 0.3) is 28.2 Å². The molecule has 0 bridgehead atoms. The maximum atomic E-state index is 13.4. The number of piperazine rings is 1. The Hall–Kier alpha value is -3.28. The third-order valence-electron chi connectivity index (χ3n) is 6.03. The van der Waals surface area contributed by atoms with Gasteiger partial charge in [0.05, 0.1) is 17.1 Å². The van der Waals surface area contributed by atoms with E-state index < -0.39 is 15.6 Å². The van der Waals surface area contributed by atoms with E-state index >= 15 is 0 Å². The highest BCUT2D eigenvalue weighted by atomic mass is 32.2. The van der Waals surface area contributed by atoms with E-state index in [4.69, 9.17) is 4.74 Å². The highest BCUT2D eigenvalue weighted by molar-refractivity contribution is 7.89. The van der Waals surface area contributed by atoms with Crippen LogP contribution in [0.4, 0.5) is 0 Å². The van der Waals surface area contributed by atoms with Crippen LogP contribution in [0.5, 0.6) is 5.75 Å². The molecule has 1 aliphatic rings. The smallest absolute Gasteiger partial charge is 0.279 e. The molecule has 5 rings (SSSR count). The summed E-state index contributed by atoms with van der Waals surface area (Å²) >= 11 is 0. The summed E-state index contributed by atoms with van der Waals surface area (Å²) in [5.74, 6) is 0.658. The predicted octanol–water partition coefficient (Wildman–Crippen LogP) is 1.88. The average molecular weight is 483 g/mol. The van der Waals surface area contributed by atoms with Gasteiger partial charge < -0.3 is 14.6 Å². The van der Waals surface area contributed by atoms with Crippen molar-refractivity contribution in [2.24, 2.45) is 0 Å². The number of aromatic amines is 1. The summed E-state index contributed by atoms with van der Waals surface area (Å²) in [6, 6.07) is 8.46. The fourth-order valence-electron chi connectivity index (χ4n) is 4.13. The first-order chi connectivity index (χ1) is 16.3. The number of benzene rings is 1. The lowest BCUT2D eigenvalue weighted by molar-refractivity contribution is 0.222. The van der Waals surface area contributed by atoms with Crippen molar-refractivity contribution in [3.05, 3.63) is 52.4 Å². The minimum atomic E-state index is -3.72. The summed E-state index contributed by atoms with van der Waals surface area (Å²) < 4.78 is 35.7. The zero-order valence-corrected chi connectivity index (χ0v) is 20.1. The number of sulfonamides is 1. The third-order valence-corrected chi connectivity index (χ3v) is 7.92. The number of ether oxygens (including phenoxy) is 1. The van der Waals surface area contributed by atoms with Crippen LogP contribution in [0.1, 0.15) is 12.5 Å². The van der Waals surface area contributed by atoms with Crippen LogP contribution < -0.4 is 10.3 Å². The van der Waals surface area contributed by atoms with Gasteiger partial charge in [-0.3, -0.25) is 9.20 Å². The molecular formula is C23H26N6O4S. The highest BCUT2D eigenvalue weighted by Crippen LogP contribution is 2.32.